The van der Waals surface area contributed by atoms with Crippen LogP contribution in [0.1, 0.15) is 34.8 Å². The molecular weight excluding hydrogens is 601 g/mol. The number of nitrogens with two attached hydrogens (primary N) is 1. The Hall–Kier alpha value is -3.17. The molecule has 5 rings (SSSR count). The van der Waals surface area contributed by atoms with Crippen LogP contribution in [0.2, 0.25) is 0 Å². The molecule has 5 heterocycles. The Bertz CT molecular complexity index is 1460. The predicted molar refractivity (Wildman–Crippen MR) is 122 cm³/mol. The van der Waals surface area contributed by atoms with Gasteiger partial charge in [-0.25, -0.2) is 9.78 Å². The molecule has 4 N–H and O–H groups in total. The Kier molecular flexibility index (Phi) is 6.74. The van der Waals surface area contributed by atoms with Gasteiger partial charge in [-0.15, -0.1) is 11.3 Å². The quantitative estimate of drug-likeness (QED) is 0.110. The summed E-state index contributed by atoms with van der Waals surface area (Å²) in [6.07, 6.45) is 5.42. The number of aromatic nitrogens is 3. The summed E-state index contributed by atoms with van der Waals surface area (Å²) in [7, 11) is 0. The van der Waals surface area contributed by atoms with Gasteiger partial charge in [0.05, 0.1) is 28.5 Å². The van der Waals surface area contributed by atoms with Gasteiger partial charge in [-0.05, 0) is 13.0 Å². The normalized spacial score (nSPS) is 21.7. The number of fused-ring (bicyclic) bond motifs is 2. The molecule has 36 heavy (non-hydrogen) atoms. The van der Waals surface area contributed by atoms with Gasteiger partial charge in [-0.2, -0.15) is 4.57 Å². The molecule has 0 saturated carbocycles. The maximum Gasteiger partial charge on any atom is 0.352 e. The van der Waals surface area contributed by atoms with Gasteiger partial charge in [-0.3, -0.25) is 18.8 Å². The van der Waals surface area contributed by atoms with E-state index in [1.165, 1.54) is 40.3 Å². The first kappa shape index (κ1) is 25.9. The highest BCUT2D eigenvalue weighted by molar-refractivity contribution is 7.18. The number of hydrogen-bond donors (Lipinski definition) is 3. The average molecular weight is 623 g/mol. The number of imidazole rings is 1. The lowest BCUT2D eigenvalue weighted by atomic mass is 9.77. The molecule has 0 aliphatic carbocycles. The summed E-state index contributed by atoms with van der Waals surface area (Å²) in [5.41, 5.74) is 6.14. The molecule has 3 aromatic rings. The van der Waals surface area contributed by atoms with Crippen LogP contribution in [0.25, 0.3) is 10.4 Å². The summed E-state index contributed by atoms with van der Waals surface area (Å²) in [4.78, 5) is 55.8. The minimum atomic E-state index is -1.22. The summed E-state index contributed by atoms with van der Waals surface area (Å²) in [6, 6.07) is 2.80. The van der Waals surface area contributed by atoms with E-state index in [4.69, 9.17) is 5.73 Å². The van der Waals surface area contributed by atoms with E-state index in [1.54, 1.807) is 28.9 Å². The van der Waals surface area contributed by atoms with Crippen LogP contribution in [0.5, 0.6) is 0 Å². The Morgan fingerprint density at radius 2 is 2.06 bits per heavy atom. The summed E-state index contributed by atoms with van der Waals surface area (Å²) < 4.78 is 3.16. The Morgan fingerprint density at radius 1 is 1.33 bits per heavy atom. The van der Waals surface area contributed by atoms with Gasteiger partial charge in [0.25, 0.3) is 5.91 Å². The molecule has 0 bridgehead atoms. The highest BCUT2D eigenvalue weighted by Crippen LogP contribution is 2.51. The van der Waals surface area contributed by atoms with Gasteiger partial charge in [0, 0.05) is 23.8 Å². The first-order chi connectivity index (χ1) is 16.6. The number of nitrogens with zero attached hydrogens (tertiary/aromatic N) is 4. The van der Waals surface area contributed by atoms with Gasteiger partial charge in [0.1, 0.15) is 22.5 Å². The zero-order valence-corrected chi connectivity index (χ0v) is 22.1. The van der Waals surface area contributed by atoms with Crippen molar-refractivity contribution in [3.8, 4) is 0 Å². The lowest BCUT2D eigenvalue weighted by Crippen LogP contribution is -3.00. The van der Waals surface area contributed by atoms with Crippen LogP contribution in [0.3, 0.4) is 0 Å². The standard InChI is InChI=1S/C23H21N5O6S.HI/c1-10-15(19(23(33)34)28-18(10)16(11(2)29)21(28)32)13-7-27-9-25-17(22(27)35-13)20(31)12-4-3-5-26(6-12)8-14(24)30;/h3-7,9-11,16,18,29H,8H2,1-2H3,(H2-,24,30,33,34);1H/t10-,11+,16+,18+;/m0./s1. The molecule has 2 aliphatic rings. The smallest absolute Gasteiger partial charge is 0.352 e. The fraction of sp³-hybridized carbons (Fsp3) is 0.304. The molecule has 1 fully saturated rings. The Morgan fingerprint density at radius 3 is 2.69 bits per heavy atom. The lowest BCUT2D eigenvalue weighted by molar-refractivity contribution is -0.684. The molecule has 2 aliphatic heterocycles. The van der Waals surface area contributed by atoms with Crippen LogP contribution in [0, 0.1) is 11.8 Å². The fourth-order valence-corrected chi connectivity index (χ4v) is 6.26. The van der Waals surface area contributed by atoms with Crippen molar-refractivity contribution in [1.82, 2.24) is 14.3 Å². The van der Waals surface area contributed by atoms with E-state index in [0.717, 1.165) is 0 Å². The van der Waals surface area contributed by atoms with Crippen LogP contribution in [0.15, 0.2) is 42.7 Å². The summed E-state index contributed by atoms with van der Waals surface area (Å²) in [5, 5.41) is 20.0. The largest absolute Gasteiger partial charge is 1.00 e. The third-order valence-electron chi connectivity index (χ3n) is 6.53. The van der Waals surface area contributed by atoms with E-state index in [0.29, 0.717) is 20.8 Å². The number of carboxylic acids is 1. The van der Waals surface area contributed by atoms with Crippen molar-refractivity contribution in [1.29, 1.82) is 0 Å². The zero-order chi connectivity index (χ0) is 25.2. The van der Waals surface area contributed by atoms with Crippen LogP contribution >= 0.6 is 11.3 Å². The van der Waals surface area contributed by atoms with Gasteiger partial charge in [0.2, 0.25) is 18.2 Å². The number of halogens is 1. The van der Waals surface area contributed by atoms with Crippen LogP contribution < -0.4 is 34.3 Å². The van der Waals surface area contributed by atoms with E-state index in [9.17, 15) is 29.4 Å². The number of primary amides is 1. The second-order valence-electron chi connectivity index (χ2n) is 8.78. The molecule has 0 aromatic carbocycles. The predicted octanol–water partition coefficient (Wildman–Crippen LogP) is -2.94. The van der Waals surface area contributed by atoms with Crippen LogP contribution in [-0.4, -0.2) is 60.2 Å². The van der Waals surface area contributed by atoms with Gasteiger partial charge in [0.15, 0.2) is 12.4 Å². The number of carboxylic acid groups (broad SMARTS) is 1. The molecule has 2 amide bonds. The molecule has 1 saturated heterocycles. The minimum Gasteiger partial charge on any atom is -1.00 e. The Labute approximate surface area is 225 Å². The van der Waals surface area contributed by atoms with E-state index >= 15 is 0 Å². The molecular formula is C23H22IN5O6S. The minimum absolute atomic E-state index is 0. The van der Waals surface area contributed by atoms with Gasteiger partial charge >= 0.3 is 5.97 Å². The van der Waals surface area contributed by atoms with Crippen LogP contribution in [0.4, 0.5) is 0 Å². The second kappa shape index (κ2) is 9.37. The van der Waals surface area contributed by atoms with E-state index < -0.39 is 35.8 Å². The van der Waals surface area contributed by atoms with Crippen molar-refractivity contribution in [2.45, 2.75) is 32.5 Å². The zero-order valence-electron chi connectivity index (χ0n) is 19.2. The molecule has 4 atom stereocenters. The van der Waals surface area contributed by atoms with Crippen molar-refractivity contribution in [3.63, 3.8) is 0 Å². The van der Waals surface area contributed by atoms with Gasteiger partial charge in [-0.1, -0.05) is 6.92 Å². The number of rotatable bonds is 7. The number of carbonyl (C=O) groups is 4. The van der Waals surface area contributed by atoms with Crippen molar-refractivity contribution in [2.75, 3.05) is 0 Å². The monoisotopic (exact) mass is 623 g/mol. The van der Waals surface area contributed by atoms with Crippen molar-refractivity contribution in [3.05, 3.63) is 58.9 Å². The number of aliphatic hydroxyl groups is 1. The average Bonchev–Trinajstić information content (AvgIpc) is 3.42. The first-order valence-corrected chi connectivity index (χ1v) is 11.7. The van der Waals surface area contributed by atoms with Crippen molar-refractivity contribution < 1.29 is 57.9 Å². The number of thiazole rings is 1. The fourth-order valence-electron chi connectivity index (χ4n) is 5.04. The number of aliphatic hydroxyl groups excluding tert-OH is 1. The topological polar surface area (TPSA) is 159 Å². The molecule has 13 heteroatoms. The molecule has 0 unspecified atom stereocenters. The first-order valence-electron chi connectivity index (χ1n) is 10.9. The van der Waals surface area contributed by atoms with E-state index in [1.807, 2.05) is 6.92 Å². The number of ketones is 1. The maximum absolute atomic E-state index is 13.2. The third kappa shape index (κ3) is 3.90. The van der Waals surface area contributed by atoms with E-state index in [-0.39, 0.29) is 53.6 Å². The molecule has 0 spiro atoms. The number of pyridine rings is 1. The SMILES string of the molecule is C[C@@H](O)[C@H]1C(=O)N2C(C(=O)O)=C(c3cn4cnc(C(=O)c5ccc[n+](CC(N)=O)c5)c4s3)[C@H](C)[C@H]12.[I-]. The highest BCUT2D eigenvalue weighted by Gasteiger charge is 2.60. The summed E-state index contributed by atoms with van der Waals surface area (Å²) >= 11 is 1.21. The molecule has 11 nitrogen and oxygen atoms in total. The van der Waals surface area contributed by atoms with Crippen LogP contribution in [-0.2, 0) is 20.9 Å². The lowest BCUT2D eigenvalue weighted by Gasteiger charge is -2.46. The number of hydrogen-bond acceptors (Lipinski definition) is 7. The van der Waals surface area contributed by atoms with Crippen molar-refractivity contribution >= 4 is 45.3 Å². The Balaban J connectivity index is 0.00000304. The number of β-lactam (4-membered cyclic amide) rings is 1. The highest BCUT2D eigenvalue weighted by atomic mass is 127. The summed E-state index contributed by atoms with van der Waals surface area (Å²) in [6.45, 7) is 3.29. The molecule has 3 aromatic heterocycles. The maximum atomic E-state index is 13.2. The second-order valence-corrected chi connectivity index (χ2v) is 9.81. The van der Waals surface area contributed by atoms with E-state index in [2.05, 4.69) is 4.98 Å². The number of amides is 2. The molecule has 0 radical (unpaired) electrons. The molecule has 188 valence electrons. The number of aliphatic carboxylic acids is 1. The third-order valence-corrected chi connectivity index (χ3v) is 7.67. The van der Waals surface area contributed by atoms with Crippen molar-refractivity contribution in [2.24, 2.45) is 17.6 Å². The summed E-state index contributed by atoms with van der Waals surface area (Å²) in [5.74, 6) is -3.51. The number of carbonyl (C=O) groups excluding carboxylic acids is 3. The van der Waals surface area contributed by atoms with Gasteiger partial charge < -0.3 is 44.8 Å².